The molecule has 9 heteroatoms. The van der Waals surface area contributed by atoms with E-state index in [9.17, 15) is 9.90 Å². The Labute approximate surface area is 235 Å². The fourth-order valence-corrected chi connectivity index (χ4v) is 7.11. The number of halogens is 2. The van der Waals surface area contributed by atoms with Crippen LogP contribution in [0.5, 0.6) is 0 Å². The van der Waals surface area contributed by atoms with Crippen molar-refractivity contribution in [3.8, 4) is 0 Å². The van der Waals surface area contributed by atoms with E-state index in [0.29, 0.717) is 28.7 Å². The minimum atomic E-state index is -0.655. The molecule has 0 bridgehead atoms. The van der Waals surface area contributed by atoms with Crippen LogP contribution in [-0.2, 0) is 4.79 Å². The lowest BCUT2D eigenvalue weighted by Gasteiger charge is -2.50. The van der Waals surface area contributed by atoms with Crippen molar-refractivity contribution in [3.05, 3.63) is 45.1 Å². The molecule has 1 aliphatic carbocycles. The highest BCUT2D eigenvalue weighted by Gasteiger charge is 2.49. The first-order chi connectivity index (χ1) is 18.0. The normalized spacial score (nSPS) is 28.7. The van der Waals surface area contributed by atoms with Gasteiger partial charge in [0.2, 0.25) is 5.95 Å². The lowest BCUT2D eigenvalue weighted by molar-refractivity contribution is -0.158. The highest BCUT2D eigenvalue weighted by Crippen LogP contribution is 2.45. The largest absolute Gasteiger partial charge is 0.481 e. The SMILES string of the molecule is Cc1ccc([C@@H](C)Nc2nc(N3CCC(C4CCCN(C5CC(C)(C(=O)O)C5)C4)C3)nc(C)c2Cl)c(Cl)c1. The molecule has 5 rings (SSSR count). The zero-order valence-electron chi connectivity index (χ0n) is 22.8. The Morgan fingerprint density at radius 3 is 2.58 bits per heavy atom. The number of aromatic nitrogens is 2. The summed E-state index contributed by atoms with van der Waals surface area (Å²) in [7, 11) is 0. The van der Waals surface area contributed by atoms with Gasteiger partial charge in [0.05, 0.1) is 17.2 Å². The minimum Gasteiger partial charge on any atom is -0.481 e. The van der Waals surface area contributed by atoms with Gasteiger partial charge in [0, 0.05) is 30.7 Å². The summed E-state index contributed by atoms with van der Waals surface area (Å²) in [6.45, 7) is 11.9. The monoisotopic (exact) mass is 559 g/mol. The van der Waals surface area contributed by atoms with Crippen molar-refractivity contribution in [1.29, 1.82) is 0 Å². The quantitative estimate of drug-likeness (QED) is 0.408. The Kier molecular flexibility index (Phi) is 7.82. The second-order valence-electron chi connectivity index (χ2n) is 12.0. The molecule has 3 aliphatic rings. The number of hydrogen-bond donors (Lipinski definition) is 2. The zero-order chi connectivity index (χ0) is 27.2. The molecule has 206 valence electrons. The van der Waals surface area contributed by atoms with Crippen LogP contribution in [0.3, 0.4) is 0 Å². The van der Waals surface area contributed by atoms with Gasteiger partial charge < -0.3 is 20.2 Å². The second kappa shape index (κ2) is 10.8. The van der Waals surface area contributed by atoms with Gasteiger partial charge in [-0.3, -0.25) is 4.79 Å². The molecule has 0 spiro atoms. The molecule has 2 unspecified atom stereocenters. The molecule has 1 aromatic heterocycles. The molecule has 2 saturated heterocycles. The number of piperidine rings is 1. The van der Waals surface area contributed by atoms with Crippen LogP contribution < -0.4 is 10.2 Å². The maximum Gasteiger partial charge on any atom is 0.309 e. The highest BCUT2D eigenvalue weighted by molar-refractivity contribution is 6.33. The Hall–Kier alpha value is -2.09. The summed E-state index contributed by atoms with van der Waals surface area (Å²) in [5.41, 5.74) is 2.35. The van der Waals surface area contributed by atoms with Crippen LogP contribution in [0.1, 0.15) is 68.8 Å². The van der Waals surface area contributed by atoms with E-state index in [4.69, 9.17) is 33.2 Å². The lowest BCUT2D eigenvalue weighted by atomic mass is 9.65. The van der Waals surface area contributed by atoms with Crippen LogP contribution in [0.15, 0.2) is 18.2 Å². The number of aliphatic carboxylic acids is 1. The van der Waals surface area contributed by atoms with E-state index in [0.717, 1.165) is 73.2 Å². The summed E-state index contributed by atoms with van der Waals surface area (Å²) in [5, 5.41) is 14.2. The third kappa shape index (κ3) is 5.47. The number of likely N-dealkylation sites (tertiary alicyclic amines) is 1. The molecule has 2 N–H and O–H groups in total. The third-order valence-corrected chi connectivity index (χ3v) is 9.83. The maximum atomic E-state index is 11.5. The fourth-order valence-electron chi connectivity index (χ4n) is 6.57. The van der Waals surface area contributed by atoms with Gasteiger partial charge in [0.25, 0.3) is 0 Å². The Morgan fingerprint density at radius 1 is 1.13 bits per heavy atom. The first kappa shape index (κ1) is 27.5. The molecule has 0 radical (unpaired) electrons. The predicted molar refractivity (Wildman–Crippen MR) is 153 cm³/mol. The summed E-state index contributed by atoms with van der Waals surface area (Å²) in [5.74, 6) is 1.92. The van der Waals surface area contributed by atoms with Crippen LogP contribution in [0.2, 0.25) is 10.0 Å². The van der Waals surface area contributed by atoms with Crippen molar-refractivity contribution in [1.82, 2.24) is 14.9 Å². The van der Waals surface area contributed by atoms with E-state index < -0.39 is 11.4 Å². The summed E-state index contributed by atoms with van der Waals surface area (Å²) in [6, 6.07) is 6.43. The number of aryl methyl sites for hydroxylation is 2. The number of benzene rings is 1. The number of carboxylic acids is 1. The highest BCUT2D eigenvalue weighted by atomic mass is 35.5. The van der Waals surface area contributed by atoms with Gasteiger partial charge in [-0.15, -0.1) is 0 Å². The average Bonchev–Trinajstić information content (AvgIpc) is 3.35. The molecule has 1 aromatic carbocycles. The molecule has 3 atom stereocenters. The Balaban J connectivity index is 1.24. The van der Waals surface area contributed by atoms with Crippen molar-refractivity contribution in [2.45, 2.75) is 71.9 Å². The van der Waals surface area contributed by atoms with Crippen LogP contribution in [0.4, 0.5) is 11.8 Å². The summed E-state index contributed by atoms with van der Waals surface area (Å²) in [6.07, 6.45) is 5.09. The van der Waals surface area contributed by atoms with Crippen molar-refractivity contribution < 1.29 is 9.90 Å². The molecule has 3 fully saturated rings. The van der Waals surface area contributed by atoms with E-state index in [2.05, 4.69) is 28.1 Å². The Morgan fingerprint density at radius 2 is 1.87 bits per heavy atom. The van der Waals surface area contributed by atoms with Crippen LogP contribution in [-0.4, -0.2) is 58.2 Å². The van der Waals surface area contributed by atoms with Crippen LogP contribution >= 0.6 is 23.2 Å². The van der Waals surface area contributed by atoms with Crippen molar-refractivity contribution in [2.75, 3.05) is 36.4 Å². The van der Waals surface area contributed by atoms with Gasteiger partial charge >= 0.3 is 5.97 Å². The molecule has 2 aliphatic heterocycles. The number of hydrogen-bond acceptors (Lipinski definition) is 6. The van der Waals surface area contributed by atoms with Crippen molar-refractivity contribution in [3.63, 3.8) is 0 Å². The van der Waals surface area contributed by atoms with Gasteiger partial charge in [-0.2, -0.15) is 4.98 Å². The number of nitrogens with one attached hydrogen (secondary N) is 1. The average molecular weight is 561 g/mol. The third-order valence-electron chi connectivity index (χ3n) is 9.05. The van der Waals surface area contributed by atoms with Gasteiger partial charge in [-0.25, -0.2) is 4.98 Å². The van der Waals surface area contributed by atoms with Gasteiger partial charge in [0.1, 0.15) is 5.02 Å². The van der Waals surface area contributed by atoms with E-state index in [1.165, 1.54) is 12.8 Å². The van der Waals surface area contributed by atoms with E-state index in [-0.39, 0.29) is 6.04 Å². The molecule has 0 amide bonds. The summed E-state index contributed by atoms with van der Waals surface area (Å²) in [4.78, 5) is 26.0. The van der Waals surface area contributed by atoms with Crippen molar-refractivity contribution >= 4 is 40.9 Å². The number of rotatable bonds is 7. The lowest BCUT2D eigenvalue weighted by Crippen LogP contribution is -2.55. The predicted octanol–water partition coefficient (Wildman–Crippen LogP) is 6.36. The standard InChI is InChI=1S/C29H39Cl2N5O2/c1-17-7-8-23(24(30)12-17)18(2)32-26-25(31)19(3)33-28(34-26)36-11-9-21(16-36)20-6-5-10-35(15-20)22-13-29(4,14-22)27(37)38/h7-8,12,18,20-22H,5-6,9-11,13-16H2,1-4H3,(H,37,38)(H,32,33,34)/t18-,20?,21?,22?,29?/m1/s1. The van der Waals surface area contributed by atoms with E-state index in [1.54, 1.807) is 0 Å². The van der Waals surface area contributed by atoms with Crippen molar-refractivity contribution in [2.24, 2.45) is 17.3 Å². The van der Waals surface area contributed by atoms with Gasteiger partial charge in [-0.05, 0) is 95.4 Å². The molecule has 1 saturated carbocycles. The first-order valence-corrected chi connectivity index (χ1v) is 14.6. The minimum absolute atomic E-state index is 0.0585. The molecule has 7 nitrogen and oxygen atoms in total. The summed E-state index contributed by atoms with van der Waals surface area (Å²) < 4.78 is 0. The number of anilines is 2. The fraction of sp³-hybridized carbons (Fsp3) is 0.621. The van der Waals surface area contributed by atoms with E-state index in [1.807, 2.05) is 32.9 Å². The topological polar surface area (TPSA) is 81.6 Å². The second-order valence-corrected chi connectivity index (χ2v) is 12.8. The number of carboxylic acid groups (broad SMARTS) is 1. The number of carbonyl (C=O) groups is 1. The maximum absolute atomic E-state index is 11.5. The first-order valence-electron chi connectivity index (χ1n) is 13.8. The zero-order valence-corrected chi connectivity index (χ0v) is 24.3. The number of nitrogens with zero attached hydrogens (tertiary/aromatic N) is 4. The Bertz CT molecular complexity index is 1200. The van der Waals surface area contributed by atoms with Gasteiger partial charge in [-0.1, -0.05) is 35.3 Å². The molecule has 2 aromatic rings. The van der Waals surface area contributed by atoms with Gasteiger partial charge in [0.15, 0.2) is 5.82 Å². The molecular weight excluding hydrogens is 521 g/mol. The molecule has 38 heavy (non-hydrogen) atoms. The smallest absolute Gasteiger partial charge is 0.309 e. The van der Waals surface area contributed by atoms with Crippen LogP contribution in [0.25, 0.3) is 0 Å². The molecular formula is C29H39Cl2N5O2. The molecule has 3 heterocycles. The summed E-state index contributed by atoms with van der Waals surface area (Å²) >= 11 is 13.2. The van der Waals surface area contributed by atoms with Crippen LogP contribution in [0, 0.1) is 31.1 Å². The van der Waals surface area contributed by atoms with E-state index >= 15 is 0 Å².